The van der Waals surface area contributed by atoms with Crippen molar-refractivity contribution in [2.45, 2.75) is 19.3 Å². The Bertz CT molecular complexity index is 170. The predicted octanol–water partition coefficient (Wildman–Crippen LogP) is 0.367. The Morgan fingerprint density at radius 2 is 2.38 bits per heavy atom. The van der Waals surface area contributed by atoms with Crippen LogP contribution in [0.25, 0.3) is 0 Å². The van der Waals surface area contributed by atoms with Gasteiger partial charge in [0.05, 0.1) is 12.5 Å². The van der Waals surface area contributed by atoms with Gasteiger partial charge in [0.15, 0.2) is 0 Å². The summed E-state index contributed by atoms with van der Waals surface area (Å²) in [6.07, 6.45) is -0.727. The molecule has 1 fully saturated rings. The van der Waals surface area contributed by atoms with Gasteiger partial charge in [-0.2, -0.15) is 0 Å². The molecular formula is C8H14F2N2O. The minimum atomic E-state index is -2.46. The van der Waals surface area contributed by atoms with Crippen LogP contribution in [0, 0.1) is 5.92 Å². The molecule has 76 valence electrons. The second-order valence-electron chi connectivity index (χ2n) is 3.18. The number of alkyl halides is 2. The first kappa shape index (κ1) is 10.4. The molecule has 1 saturated heterocycles. The van der Waals surface area contributed by atoms with Gasteiger partial charge in [0.1, 0.15) is 0 Å². The monoisotopic (exact) mass is 192 g/mol. The number of carbonyl (C=O) groups is 1. The zero-order valence-electron chi connectivity index (χ0n) is 7.35. The van der Waals surface area contributed by atoms with Gasteiger partial charge in [-0.1, -0.05) is 0 Å². The molecule has 0 radical (unpaired) electrons. The van der Waals surface area contributed by atoms with Crippen LogP contribution in [0.2, 0.25) is 0 Å². The third-order valence-electron chi connectivity index (χ3n) is 2.10. The van der Waals surface area contributed by atoms with Gasteiger partial charge in [0.25, 0.3) is 6.43 Å². The minimum absolute atomic E-state index is 0.132. The van der Waals surface area contributed by atoms with Gasteiger partial charge in [-0.25, -0.2) is 8.78 Å². The van der Waals surface area contributed by atoms with Crippen LogP contribution >= 0.6 is 0 Å². The molecule has 1 heterocycles. The molecule has 5 heteroatoms. The van der Waals surface area contributed by atoms with Crippen molar-refractivity contribution in [3.05, 3.63) is 0 Å². The van der Waals surface area contributed by atoms with E-state index in [4.69, 9.17) is 0 Å². The third kappa shape index (κ3) is 3.67. The second-order valence-corrected chi connectivity index (χ2v) is 3.18. The topological polar surface area (TPSA) is 41.1 Å². The van der Waals surface area contributed by atoms with Crippen molar-refractivity contribution in [3.8, 4) is 0 Å². The molecule has 1 amide bonds. The van der Waals surface area contributed by atoms with Crippen LogP contribution in [0.4, 0.5) is 8.78 Å². The van der Waals surface area contributed by atoms with Crippen molar-refractivity contribution in [2.24, 2.45) is 5.92 Å². The number of hydrogen-bond donors (Lipinski definition) is 2. The van der Waals surface area contributed by atoms with Gasteiger partial charge >= 0.3 is 0 Å². The van der Waals surface area contributed by atoms with Gasteiger partial charge in [-0.05, 0) is 19.4 Å². The molecule has 0 aliphatic carbocycles. The summed E-state index contributed by atoms with van der Waals surface area (Å²) >= 11 is 0. The average molecular weight is 192 g/mol. The van der Waals surface area contributed by atoms with E-state index in [0.29, 0.717) is 6.54 Å². The van der Waals surface area contributed by atoms with E-state index in [-0.39, 0.29) is 11.8 Å². The lowest BCUT2D eigenvalue weighted by Gasteiger charge is -2.21. The van der Waals surface area contributed by atoms with Gasteiger partial charge in [0, 0.05) is 6.54 Å². The van der Waals surface area contributed by atoms with Crippen molar-refractivity contribution in [1.29, 1.82) is 0 Å². The molecule has 1 aliphatic heterocycles. The molecule has 1 atom stereocenters. The van der Waals surface area contributed by atoms with Gasteiger partial charge in [-0.3, -0.25) is 4.79 Å². The maximum atomic E-state index is 11.7. The number of nitrogens with one attached hydrogen (secondary N) is 2. The molecule has 0 aromatic carbocycles. The maximum Gasteiger partial charge on any atom is 0.255 e. The normalized spacial score (nSPS) is 23.2. The number of amides is 1. The summed E-state index contributed by atoms with van der Waals surface area (Å²) in [5.41, 5.74) is 0. The highest BCUT2D eigenvalue weighted by atomic mass is 19.3. The number of carbonyl (C=O) groups excluding carboxylic acids is 1. The summed E-state index contributed by atoms with van der Waals surface area (Å²) in [4.78, 5) is 11.2. The highest BCUT2D eigenvalue weighted by Gasteiger charge is 2.20. The Kier molecular flexibility index (Phi) is 4.08. The fourth-order valence-electron chi connectivity index (χ4n) is 1.40. The van der Waals surface area contributed by atoms with Crippen LogP contribution in [0.1, 0.15) is 12.8 Å². The van der Waals surface area contributed by atoms with Crippen LogP contribution in [0.3, 0.4) is 0 Å². The van der Waals surface area contributed by atoms with E-state index >= 15 is 0 Å². The zero-order chi connectivity index (χ0) is 9.68. The van der Waals surface area contributed by atoms with E-state index < -0.39 is 13.0 Å². The fourth-order valence-corrected chi connectivity index (χ4v) is 1.40. The third-order valence-corrected chi connectivity index (χ3v) is 2.10. The lowest BCUT2D eigenvalue weighted by Crippen LogP contribution is -2.41. The largest absolute Gasteiger partial charge is 0.350 e. The van der Waals surface area contributed by atoms with E-state index in [2.05, 4.69) is 10.6 Å². The SMILES string of the molecule is O=C(NCC(F)F)C1CCCNC1. The lowest BCUT2D eigenvalue weighted by molar-refractivity contribution is -0.126. The first-order valence-corrected chi connectivity index (χ1v) is 4.46. The quantitative estimate of drug-likeness (QED) is 0.678. The van der Waals surface area contributed by atoms with E-state index in [1.54, 1.807) is 0 Å². The van der Waals surface area contributed by atoms with Crippen LogP contribution in [-0.4, -0.2) is 32.0 Å². The standard InChI is InChI=1S/C8H14F2N2O/c9-7(10)5-12-8(13)6-2-1-3-11-4-6/h6-7,11H,1-5H2,(H,12,13). The number of piperidine rings is 1. The van der Waals surface area contributed by atoms with E-state index in [9.17, 15) is 13.6 Å². The van der Waals surface area contributed by atoms with Crippen LogP contribution in [0.5, 0.6) is 0 Å². The summed E-state index contributed by atoms with van der Waals surface area (Å²) < 4.78 is 23.5. The van der Waals surface area contributed by atoms with Crippen LogP contribution in [0.15, 0.2) is 0 Å². The number of hydrogen-bond acceptors (Lipinski definition) is 2. The molecule has 1 aliphatic rings. The molecule has 3 nitrogen and oxygen atoms in total. The molecule has 2 N–H and O–H groups in total. The molecule has 0 aromatic rings. The van der Waals surface area contributed by atoms with Crippen LogP contribution in [-0.2, 0) is 4.79 Å². The maximum absolute atomic E-state index is 11.7. The van der Waals surface area contributed by atoms with Crippen LogP contribution < -0.4 is 10.6 Å². The lowest BCUT2D eigenvalue weighted by atomic mass is 9.99. The average Bonchev–Trinajstić information content (AvgIpc) is 2.15. The molecular weight excluding hydrogens is 178 g/mol. The van der Waals surface area contributed by atoms with Gasteiger partial charge in [0.2, 0.25) is 5.91 Å². The molecule has 1 unspecified atom stereocenters. The van der Waals surface area contributed by atoms with Gasteiger partial charge < -0.3 is 10.6 Å². The molecule has 0 aromatic heterocycles. The fraction of sp³-hybridized carbons (Fsp3) is 0.875. The van der Waals surface area contributed by atoms with Crippen molar-refractivity contribution < 1.29 is 13.6 Å². The summed E-state index contributed by atoms with van der Waals surface area (Å²) in [6, 6.07) is 0. The molecule has 0 spiro atoms. The second kappa shape index (κ2) is 5.11. The zero-order valence-corrected chi connectivity index (χ0v) is 7.35. The summed E-state index contributed by atoms with van der Waals surface area (Å²) in [5, 5.41) is 5.28. The van der Waals surface area contributed by atoms with E-state index in [1.165, 1.54) is 0 Å². The summed E-state index contributed by atoms with van der Waals surface area (Å²) in [6.45, 7) is 0.989. The summed E-state index contributed by atoms with van der Waals surface area (Å²) in [5.74, 6) is -0.389. The Balaban J connectivity index is 2.21. The Hall–Kier alpha value is -0.710. The summed E-state index contributed by atoms with van der Waals surface area (Å²) in [7, 11) is 0. The Morgan fingerprint density at radius 1 is 1.62 bits per heavy atom. The number of halogens is 2. The Labute approximate surface area is 75.9 Å². The van der Waals surface area contributed by atoms with Crippen molar-refractivity contribution in [1.82, 2.24) is 10.6 Å². The first-order chi connectivity index (χ1) is 6.20. The Morgan fingerprint density at radius 3 is 2.92 bits per heavy atom. The number of rotatable bonds is 3. The van der Waals surface area contributed by atoms with Crippen molar-refractivity contribution >= 4 is 5.91 Å². The minimum Gasteiger partial charge on any atom is -0.350 e. The van der Waals surface area contributed by atoms with Gasteiger partial charge in [-0.15, -0.1) is 0 Å². The van der Waals surface area contributed by atoms with Crippen molar-refractivity contribution in [2.75, 3.05) is 19.6 Å². The van der Waals surface area contributed by atoms with E-state index in [1.807, 2.05) is 0 Å². The van der Waals surface area contributed by atoms with E-state index in [0.717, 1.165) is 19.4 Å². The molecule has 0 saturated carbocycles. The smallest absolute Gasteiger partial charge is 0.255 e. The molecule has 0 bridgehead atoms. The first-order valence-electron chi connectivity index (χ1n) is 4.46. The highest BCUT2D eigenvalue weighted by molar-refractivity contribution is 5.78. The molecule has 1 rings (SSSR count). The highest BCUT2D eigenvalue weighted by Crippen LogP contribution is 2.09. The predicted molar refractivity (Wildman–Crippen MR) is 44.6 cm³/mol. The van der Waals surface area contributed by atoms with Crippen molar-refractivity contribution in [3.63, 3.8) is 0 Å². The molecule has 13 heavy (non-hydrogen) atoms.